The minimum absolute atomic E-state index is 0.174. The third-order valence-electron chi connectivity index (χ3n) is 3.50. The van der Waals surface area contributed by atoms with Crippen molar-refractivity contribution >= 4 is 28.6 Å². The van der Waals surface area contributed by atoms with E-state index in [2.05, 4.69) is 25.8 Å². The van der Waals surface area contributed by atoms with Gasteiger partial charge in [0.25, 0.3) is 0 Å². The molecule has 2 aromatic rings. The van der Waals surface area contributed by atoms with Crippen molar-refractivity contribution in [1.82, 2.24) is 20.4 Å². The number of anilines is 2. The van der Waals surface area contributed by atoms with E-state index in [0.717, 1.165) is 21.4 Å². The number of nitrogens with zero attached hydrogens (tertiary/aromatic N) is 4. The smallest absolute Gasteiger partial charge is 0.229 e. The molecule has 0 radical (unpaired) electrons. The number of nitrogens with one attached hydrogen (secondary N) is 2. The van der Waals surface area contributed by atoms with Gasteiger partial charge in [-0.3, -0.25) is 0 Å². The van der Waals surface area contributed by atoms with Crippen LogP contribution in [-0.4, -0.2) is 33.8 Å². The molecule has 2 unspecified atom stereocenters. The standard InChI is InChI=1S/C13H14N6OS/c1-7-2-3-14-12(16-7)18-13-17-11-8-4-15-19-9(8)5-20-6-10(11)21-13/h2-4,8-9,19H,5-6H2,1H3,(H,14,16,17,18). The van der Waals surface area contributed by atoms with E-state index in [4.69, 9.17) is 9.72 Å². The van der Waals surface area contributed by atoms with Gasteiger partial charge in [0, 0.05) is 18.1 Å². The molecule has 0 fully saturated rings. The number of aryl methyl sites for hydroxylation is 1. The van der Waals surface area contributed by atoms with E-state index in [-0.39, 0.29) is 12.0 Å². The van der Waals surface area contributed by atoms with E-state index in [1.165, 1.54) is 0 Å². The van der Waals surface area contributed by atoms with Crippen LogP contribution in [0.5, 0.6) is 0 Å². The highest BCUT2D eigenvalue weighted by atomic mass is 32.1. The molecule has 8 heteroatoms. The Labute approximate surface area is 125 Å². The Morgan fingerprint density at radius 3 is 3.29 bits per heavy atom. The zero-order valence-corrected chi connectivity index (χ0v) is 12.2. The first-order chi connectivity index (χ1) is 10.3. The van der Waals surface area contributed by atoms with Crippen molar-refractivity contribution < 1.29 is 4.74 Å². The lowest BCUT2D eigenvalue weighted by Gasteiger charge is -2.12. The van der Waals surface area contributed by atoms with Crippen molar-refractivity contribution in [3.63, 3.8) is 0 Å². The minimum atomic E-state index is 0.174. The molecule has 2 atom stereocenters. The highest BCUT2D eigenvalue weighted by Crippen LogP contribution is 2.34. The highest BCUT2D eigenvalue weighted by molar-refractivity contribution is 7.15. The largest absolute Gasteiger partial charge is 0.374 e. The number of ether oxygens (including phenoxy) is 1. The molecule has 2 aliphatic rings. The van der Waals surface area contributed by atoms with Gasteiger partial charge in [0.1, 0.15) is 0 Å². The van der Waals surface area contributed by atoms with Gasteiger partial charge in [0.15, 0.2) is 5.13 Å². The lowest BCUT2D eigenvalue weighted by molar-refractivity contribution is 0.109. The molecular weight excluding hydrogens is 288 g/mol. The number of aromatic nitrogens is 3. The van der Waals surface area contributed by atoms with Crippen LogP contribution in [0.3, 0.4) is 0 Å². The Hall–Kier alpha value is -2.06. The number of thiazole rings is 1. The maximum Gasteiger partial charge on any atom is 0.229 e. The molecule has 0 aromatic carbocycles. The molecule has 7 nitrogen and oxygen atoms in total. The Morgan fingerprint density at radius 1 is 1.43 bits per heavy atom. The minimum Gasteiger partial charge on any atom is -0.374 e. The molecule has 4 rings (SSSR count). The Morgan fingerprint density at radius 2 is 2.38 bits per heavy atom. The van der Waals surface area contributed by atoms with E-state index >= 15 is 0 Å². The maximum atomic E-state index is 5.69. The van der Waals surface area contributed by atoms with Crippen LogP contribution < -0.4 is 10.7 Å². The highest BCUT2D eigenvalue weighted by Gasteiger charge is 2.33. The van der Waals surface area contributed by atoms with Crippen LogP contribution in [0.4, 0.5) is 11.1 Å². The summed E-state index contributed by atoms with van der Waals surface area (Å²) in [6, 6.07) is 2.04. The summed E-state index contributed by atoms with van der Waals surface area (Å²) in [7, 11) is 0. The molecule has 0 aliphatic carbocycles. The van der Waals surface area contributed by atoms with Gasteiger partial charge in [0.05, 0.1) is 35.7 Å². The molecule has 108 valence electrons. The average Bonchev–Trinajstić information content (AvgIpc) is 3.03. The quantitative estimate of drug-likeness (QED) is 0.876. The zero-order valence-electron chi connectivity index (χ0n) is 11.4. The second-order valence-corrected chi connectivity index (χ2v) is 6.11. The number of hydrogen-bond donors (Lipinski definition) is 2. The van der Waals surface area contributed by atoms with Crippen molar-refractivity contribution in [2.45, 2.75) is 25.5 Å². The first kappa shape index (κ1) is 12.7. The Balaban J connectivity index is 1.64. The fraction of sp³-hybridized carbons (Fsp3) is 0.385. The third-order valence-corrected chi connectivity index (χ3v) is 4.46. The first-order valence-electron chi connectivity index (χ1n) is 6.72. The zero-order chi connectivity index (χ0) is 14.2. The number of rotatable bonds is 2. The van der Waals surface area contributed by atoms with E-state index in [9.17, 15) is 0 Å². The Bertz CT molecular complexity index is 700. The summed E-state index contributed by atoms with van der Waals surface area (Å²) in [5, 5.41) is 8.09. The van der Waals surface area contributed by atoms with Crippen LogP contribution in [-0.2, 0) is 11.3 Å². The molecule has 0 bridgehead atoms. The molecule has 4 heterocycles. The SMILES string of the molecule is Cc1ccnc(Nc2nc3c(s2)COCC2NN=CC32)n1. The molecule has 2 aliphatic heterocycles. The van der Waals surface area contributed by atoms with Crippen molar-refractivity contribution in [1.29, 1.82) is 0 Å². The van der Waals surface area contributed by atoms with Crippen LogP contribution in [0.2, 0.25) is 0 Å². The predicted molar refractivity (Wildman–Crippen MR) is 80.0 cm³/mol. The molecule has 2 aromatic heterocycles. The fourth-order valence-corrected chi connectivity index (χ4v) is 3.42. The molecule has 2 N–H and O–H groups in total. The van der Waals surface area contributed by atoms with Gasteiger partial charge in [-0.1, -0.05) is 11.3 Å². The second kappa shape index (κ2) is 5.05. The lowest BCUT2D eigenvalue weighted by atomic mass is 10.00. The number of fused-ring (bicyclic) bond motifs is 3. The van der Waals surface area contributed by atoms with Crippen LogP contribution in [0.1, 0.15) is 22.2 Å². The third kappa shape index (κ3) is 2.36. The van der Waals surface area contributed by atoms with Gasteiger partial charge < -0.3 is 15.5 Å². The van der Waals surface area contributed by atoms with Crippen LogP contribution in [0.15, 0.2) is 17.4 Å². The van der Waals surface area contributed by atoms with Crippen molar-refractivity contribution in [3.05, 3.63) is 28.5 Å². The molecule has 21 heavy (non-hydrogen) atoms. The van der Waals surface area contributed by atoms with E-state index in [0.29, 0.717) is 19.2 Å². The van der Waals surface area contributed by atoms with Gasteiger partial charge in [-0.2, -0.15) is 5.10 Å². The summed E-state index contributed by atoms with van der Waals surface area (Å²) in [4.78, 5) is 14.4. The van der Waals surface area contributed by atoms with Gasteiger partial charge in [-0.05, 0) is 13.0 Å². The topological polar surface area (TPSA) is 84.3 Å². The normalized spacial score (nSPS) is 23.1. The summed E-state index contributed by atoms with van der Waals surface area (Å²) in [6.45, 7) is 3.17. The molecular formula is C13H14N6OS. The van der Waals surface area contributed by atoms with Gasteiger partial charge in [-0.25, -0.2) is 15.0 Å². The molecule has 0 spiro atoms. The summed E-state index contributed by atoms with van der Waals surface area (Å²) in [5.74, 6) is 0.738. The van der Waals surface area contributed by atoms with Crippen LogP contribution >= 0.6 is 11.3 Å². The number of hydrazone groups is 1. The van der Waals surface area contributed by atoms with Gasteiger partial charge in [0.2, 0.25) is 5.95 Å². The average molecular weight is 302 g/mol. The second-order valence-electron chi connectivity index (χ2n) is 5.03. The molecule has 0 saturated heterocycles. The maximum absolute atomic E-state index is 5.69. The van der Waals surface area contributed by atoms with Gasteiger partial charge in [-0.15, -0.1) is 0 Å². The Kier molecular flexibility index (Phi) is 3.04. The van der Waals surface area contributed by atoms with Crippen molar-refractivity contribution in [3.8, 4) is 0 Å². The van der Waals surface area contributed by atoms with E-state index in [1.54, 1.807) is 17.5 Å². The summed E-state index contributed by atoms with van der Waals surface area (Å²) in [6.07, 6.45) is 3.64. The van der Waals surface area contributed by atoms with Crippen molar-refractivity contribution in [2.24, 2.45) is 5.10 Å². The van der Waals surface area contributed by atoms with E-state index < -0.39 is 0 Å². The van der Waals surface area contributed by atoms with Crippen molar-refractivity contribution in [2.75, 3.05) is 11.9 Å². The predicted octanol–water partition coefficient (Wildman–Crippen LogP) is 1.56. The van der Waals surface area contributed by atoms with Crippen LogP contribution in [0.25, 0.3) is 0 Å². The summed E-state index contributed by atoms with van der Waals surface area (Å²) in [5.41, 5.74) is 5.02. The monoisotopic (exact) mass is 302 g/mol. The fourth-order valence-electron chi connectivity index (χ4n) is 2.47. The molecule has 0 amide bonds. The first-order valence-corrected chi connectivity index (χ1v) is 7.54. The lowest BCUT2D eigenvalue weighted by Crippen LogP contribution is -2.29. The number of hydrogen-bond acceptors (Lipinski definition) is 8. The summed E-state index contributed by atoms with van der Waals surface area (Å²) < 4.78 is 5.69. The molecule has 0 saturated carbocycles. The van der Waals surface area contributed by atoms with Crippen LogP contribution in [0, 0.1) is 6.92 Å². The van der Waals surface area contributed by atoms with E-state index in [1.807, 2.05) is 19.2 Å². The summed E-state index contributed by atoms with van der Waals surface area (Å²) >= 11 is 1.58. The van der Waals surface area contributed by atoms with Gasteiger partial charge >= 0.3 is 0 Å².